The first-order valence-electron chi connectivity index (χ1n) is 5.46. The summed E-state index contributed by atoms with van der Waals surface area (Å²) in [5.74, 6) is 0.221. The normalized spacial score (nSPS) is 14.8. The molecule has 1 rings (SSSR count). The van der Waals surface area contributed by atoms with E-state index in [1.165, 1.54) is 0 Å². The van der Waals surface area contributed by atoms with Crippen LogP contribution in [0.5, 0.6) is 0 Å². The van der Waals surface area contributed by atoms with Crippen LogP contribution in [0, 0.1) is 5.92 Å². The number of nitrogens with one attached hydrogen (secondary N) is 1. The van der Waals surface area contributed by atoms with Gasteiger partial charge >= 0.3 is 0 Å². The summed E-state index contributed by atoms with van der Waals surface area (Å²) in [6.07, 6.45) is 3.60. The van der Waals surface area contributed by atoms with Crippen LogP contribution in [0.4, 0.5) is 0 Å². The Hall–Kier alpha value is -0.970. The van der Waals surface area contributed by atoms with Gasteiger partial charge in [0.15, 0.2) is 0 Å². The van der Waals surface area contributed by atoms with Gasteiger partial charge in [-0.25, -0.2) is 0 Å². The molecule has 0 aliphatic carbocycles. The molecule has 0 aromatic carbocycles. The van der Waals surface area contributed by atoms with Crippen LogP contribution in [0.25, 0.3) is 0 Å². The zero-order valence-corrected chi connectivity index (χ0v) is 10.8. The van der Waals surface area contributed by atoms with Gasteiger partial charge in [-0.05, 0) is 18.9 Å². The molecule has 1 heterocycles. The van der Waals surface area contributed by atoms with Crippen molar-refractivity contribution in [1.29, 1.82) is 0 Å². The largest absolute Gasteiger partial charge is 0.351 e. The number of aromatic nitrogens is 2. The second-order valence-electron chi connectivity index (χ2n) is 4.33. The summed E-state index contributed by atoms with van der Waals surface area (Å²) < 4.78 is 1.80. The lowest BCUT2D eigenvalue weighted by molar-refractivity contribution is -0.121. The van der Waals surface area contributed by atoms with Crippen LogP contribution in [0.1, 0.15) is 20.8 Å². The maximum absolute atomic E-state index is 11.7. The zero-order valence-electron chi connectivity index (χ0n) is 9.92. The minimum Gasteiger partial charge on any atom is -0.351 e. The van der Waals surface area contributed by atoms with E-state index in [0.717, 1.165) is 0 Å². The average Bonchev–Trinajstić information content (AvgIpc) is 2.68. The molecule has 0 spiro atoms. The summed E-state index contributed by atoms with van der Waals surface area (Å²) in [5, 5.41) is 6.76. The molecule has 1 aromatic heterocycles. The SMILES string of the molecule is CC(Cn1cccn1)NC(=O)C(S)C(C)C. The highest BCUT2D eigenvalue weighted by molar-refractivity contribution is 7.81. The molecule has 0 bridgehead atoms. The molecule has 1 amide bonds. The minimum atomic E-state index is -0.250. The van der Waals surface area contributed by atoms with Crippen molar-refractivity contribution in [2.75, 3.05) is 0 Å². The molecule has 0 saturated heterocycles. The predicted octanol–water partition coefficient (Wildman–Crippen LogP) is 1.34. The van der Waals surface area contributed by atoms with E-state index in [4.69, 9.17) is 0 Å². The standard InChI is InChI=1S/C11H19N3OS/c1-8(2)10(16)11(15)13-9(3)7-14-6-4-5-12-14/h4-6,8-10,16H,7H2,1-3H3,(H,13,15). The van der Waals surface area contributed by atoms with E-state index >= 15 is 0 Å². The number of rotatable bonds is 5. The van der Waals surface area contributed by atoms with Gasteiger partial charge < -0.3 is 5.32 Å². The predicted molar refractivity (Wildman–Crippen MR) is 67.4 cm³/mol. The summed E-state index contributed by atoms with van der Waals surface area (Å²) >= 11 is 4.27. The van der Waals surface area contributed by atoms with Crippen molar-refractivity contribution in [2.24, 2.45) is 5.92 Å². The first-order valence-corrected chi connectivity index (χ1v) is 5.98. The Morgan fingerprint density at radius 3 is 2.69 bits per heavy atom. The fourth-order valence-corrected chi connectivity index (χ4v) is 1.44. The fourth-order valence-electron chi connectivity index (χ4n) is 1.37. The van der Waals surface area contributed by atoms with Crippen LogP contribution in [0.15, 0.2) is 18.5 Å². The Kier molecular flexibility index (Phi) is 4.86. The lowest BCUT2D eigenvalue weighted by Crippen LogP contribution is -2.41. The first-order chi connectivity index (χ1) is 7.50. The molecule has 5 heteroatoms. The van der Waals surface area contributed by atoms with Crippen LogP contribution in [0.2, 0.25) is 0 Å². The number of carbonyl (C=O) groups is 1. The quantitative estimate of drug-likeness (QED) is 0.764. The van der Waals surface area contributed by atoms with Crippen molar-refractivity contribution < 1.29 is 4.79 Å². The molecule has 16 heavy (non-hydrogen) atoms. The molecule has 90 valence electrons. The molecule has 0 saturated carbocycles. The van der Waals surface area contributed by atoms with E-state index in [2.05, 4.69) is 23.0 Å². The zero-order chi connectivity index (χ0) is 12.1. The third-order valence-electron chi connectivity index (χ3n) is 2.31. The molecule has 1 N–H and O–H groups in total. The van der Waals surface area contributed by atoms with Crippen molar-refractivity contribution in [3.8, 4) is 0 Å². The molecule has 0 aliphatic rings. The Morgan fingerprint density at radius 1 is 1.50 bits per heavy atom. The molecule has 2 unspecified atom stereocenters. The lowest BCUT2D eigenvalue weighted by atomic mass is 10.1. The smallest absolute Gasteiger partial charge is 0.233 e. The molecular formula is C11H19N3OS. The second-order valence-corrected chi connectivity index (χ2v) is 4.88. The number of carbonyl (C=O) groups excluding carboxylic acids is 1. The van der Waals surface area contributed by atoms with Gasteiger partial charge in [0, 0.05) is 18.4 Å². The van der Waals surface area contributed by atoms with E-state index in [1.807, 2.05) is 33.0 Å². The highest BCUT2D eigenvalue weighted by Gasteiger charge is 2.19. The average molecular weight is 241 g/mol. The summed E-state index contributed by atoms with van der Waals surface area (Å²) in [6, 6.07) is 1.92. The van der Waals surface area contributed by atoms with Crippen LogP contribution in [-0.2, 0) is 11.3 Å². The topological polar surface area (TPSA) is 46.9 Å². The number of nitrogens with zero attached hydrogens (tertiary/aromatic N) is 2. The second kappa shape index (κ2) is 5.94. The summed E-state index contributed by atoms with van der Waals surface area (Å²) in [5.41, 5.74) is 0. The van der Waals surface area contributed by atoms with Crippen molar-refractivity contribution in [3.05, 3.63) is 18.5 Å². The van der Waals surface area contributed by atoms with Gasteiger partial charge in [0.25, 0.3) is 0 Å². The van der Waals surface area contributed by atoms with E-state index in [1.54, 1.807) is 10.9 Å². The monoisotopic (exact) mass is 241 g/mol. The van der Waals surface area contributed by atoms with Crippen molar-refractivity contribution in [1.82, 2.24) is 15.1 Å². The molecule has 0 aliphatic heterocycles. The highest BCUT2D eigenvalue weighted by atomic mass is 32.1. The van der Waals surface area contributed by atoms with Gasteiger partial charge in [0.1, 0.15) is 0 Å². The summed E-state index contributed by atoms with van der Waals surface area (Å²) in [6.45, 7) is 6.60. The van der Waals surface area contributed by atoms with Gasteiger partial charge in [0.2, 0.25) is 5.91 Å². The Labute approximate surface area is 102 Å². The summed E-state index contributed by atoms with van der Waals surface area (Å²) in [7, 11) is 0. The molecule has 1 aromatic rings. The van der Waals surface area contributed by atoms with E-state index < -0.39 is 0 Å². The number of hydrogen-bond donors (Lipinski definition) is 2. The minimum absolute atomic E-state index is 0.0158. The van der Waals surface area contributed by atoms with Gasteiger partial charge in [-0.2, -0.15) is 17.7 Å². The Balaban J connectivity index is 2.39. The number of amides is 1. The molecule has 4 nitrogen and oxygen atoms in total. The Morgan fingerprint density at radius 2 is 2.19 bits per heavy atom. The van der Waals surface area contributed by atoms with Crippen molar-refractivity contribution >= 4 is 18.5 Å². The van der Waals surface area contributed by atoms with Gasteiger partial charge in [-0.3, -0.25) is 9.48 Å². The van der Waals surface area contributed by atoms with E-state index in [0.29, 0.717) is 6.54 Å². The van der Waals surface area contributed by atoms with Crippen LogP contribution >= 0.6 is 12.6 Å². The summed E-state index contributed by atoms with van der Waals surface area (Å²) in [4.78, 5) is 11.7. The van der Waals surface area contributed by atoms with Crippen LogP contribution < -0.4 is 5.32 Å². The van der Waals surface area contributed by atoms with E-state index in [-0.39, 0.29) is 23.1 Å². The Bertz CT molecular complexity index is 324. The molecule has 0 fully saturated rings. The number of hydrogen-bond acceptors (Lipinski definition) is 3. The highest BCUT2D eigenvalue weighted by Crippen LogP contribution is 2.08. The third-order valence-corrected chi connectivity index (χ3v) is 3.14. The van der Waals surface area contributed by atoms with Gasteiger partial charge in [0.05, 0.1) is 11.8 Å². The first kappa shape index (κ1) is 13.1. The van der Waals surface area contributed by atoms with Crippen molar-refractivity contribution in [2.45, 2.75) is 38.6 Å². The maximum atomic E-state index is 11.7. The molecular weight excluding hydrogens is 222 g/mol. The van der Waals surface area contributed by atoms with Crippen molar-refractivity contribution in [3.63, 3.8) is 0 Å². The van der Waals surface area contributed by atoms with Gasteiger partial charge in [-0.15, -0.1) is 0 Å². The fraction of sp³-hybridized carbons (Fsp3) is 0.636. The van der Waals surface area contributed by atoms with Gasteiger partial charge in [-0.1, -0.05) is 13.8 Å². The number of thiol groups is 1. The molecule has 0 radical (unpaired) electrons. The van der Waals surface area contributed by atoms with Crippen LogP contribution in [-0.4, -0.2) is 27.0 Å². The van der Waals surface area contributed by atoms with E-state index in [9.17, 15) is 4.79 Å². The maximum Gasteiger partial charge on any atom is 0.233 e. The third kappa shape index (κ3) is 3.89. The lowest BCUT2D eigenvalue weighted by Gasteiger charge is -2.19. The molecule has 2 atom stereocenters. The van der Waals surface area contributed by atoms with Crippen LogP contribution in [0.3, 0.4) is 0 Å².